The SMILES string of the molecule is CC(OC(=O)c1csc(-c2ncccn2)n1)C(=O)Nc1cc(Cl)c(Cl)cc1Cl. The molecule has 0 saturated carbocycles. The third-order valence-corrected chi connectivity index (χ3v) is 5.26. The maximum Gasteiger partial charge on any atom is 0.358 e. The van der Waals surface area contributed by atoms with Crippen LogP contribution in [0.15, 0.2) is 36.0 Å². The maximum absolute atomic E-state index is 12.3. The van der Waals surface area contributed by atoms with Crippen LogP contribution in [0, 0.1) is 0 Å². The van der Waals surface area contributed by atoms with Crippen LogP contribution in [-0.4, -0.2) is 32.9 Å². The molecule has 3 rings (SSSR count). The van der Waals surface area contributed by atoms with Gasteiger partial charge in [-0.1, -0.05) is 34.8 Å². The van der Waals surface area contributed by atoms with Gasteiger partial charge in [0.05, 0.1) is 20.8 Å². The van der Waals surface area contributed by atoms with Crippen molar-refractivity contribution in [1.82, 2.24) is 15.0 Å². The molecule has 1 atom stereocenters. The number of rotatable bonds is 5. The van der Waals surface area contributed by atoms with Gasteiger partial charge < -0.3 is 10.1 Å². The van der Waals surface area contributed by atoms with Crippen LogP contribution in [0.4, 0.5) is 5.69 Å². The average Bonchev–Trinajstić information content (AvgIpc) is 3.17. The van der Waals surface area contributed by atoms with E-state index in [1.165, 1.54) is 35.8 Å². The molecule has 1 aromatic carbocycles. The second-order valence-electron chi connectivity index (χ2n) is 5.39. The average molecular weight is 458 g/mol. The van der Waals surface area contributed by atoms with E-state index >= 15 is 0 Å². The Balaban J connectivity index is 1.65. The first-order valence-electron chi connectivity index (χ1n) is 7.74. The zero-order valence-corrected chi connectivity index (χ0v) is 17.2. The number of esters is 1. The molecule has 28 heavy (non-hydrogen) atoms. The van der Waals surface area contributed by atoms with Crippen LogP contribution >= 0.6 is 46.1 Å². The molecule has 1 amide bonds. The lowest BCUT2D eigenvalue weighted by molar-refractivity contribution is -0.123. The molecule has 11 heteroatoms. The standard InChI is InChI=1S/C17H11Cl3N4O3S/c1-8(15(25)23-12-6-10(19)9(18)5-11(12)20)27-17(26)13-7-28-16(24-13)14-21-3-2-4-22-14/h2-8H,1H3,(H,23,25). The van der Waals surface area contributed by atoms with Crippen molar-refractivity contribution in [3.05, 3.63) is 56.7 Å². The van der Waals surface area contributed by atoms with Gasteiger partial charge in [-0.3, -0.25) is 4.79 Å². The van der Waals surface area contributed by atoms with Gasteiger partial charge in [-0.2, -0.15) is 0 Å². The van der Waals surface area contributed by atoms with Gasteiger partial charge in [0, 0.05) is 17.8 Å². The maximum atomic E-state index is 12.3. The highest BCUT2D eigenvalue weighted by Gasteiger charge is 2.22. The molecular weight excluding hydrogens is 447 g/mol. The summed E-state index contributed by atoms with van der Waals surface area (Å²) in [5, 5.41) is 5.19. The summed E-state index contributed by atoms with van der Waals surface area (Å²) in [6.45, 7) is 1.42. The highest BCUT2D eigenvalue weighted by molar-refractivity contribution is 7.13. The van der Waals surface area contributed by atoms with Crippen molar-refractivity contribution in [3.63, 3.8) is 0 Å². The van der Waals surface area contributed by atoms with Crippen molar-refractivity contribution in [1.29, 1.82) is 0 Å². The number of aromatic nitrogens is 3. The van der Waals surface area contributed by atoms with E-state index in [4.69, 9.17) is 39.5 Å². The zero-order chi connectivity index (χ0) is 20.3. The van der Waals surface area contributed by atoms with Crippen molar-refractivity contribution >= 4 is 63.7 Å². The quantitative estimate of drug-likeness (QED) is 0.439. The first kappa shape index (κ1) is 20.5. The van der Waals surface area contributed by atoms with Gasteiger partial charge in [0.15, 0.2) is 22.6 Å². The van der Waals surface area contributed by atoms with Crippen molar-refractivity contribution in [2.45, 2.75) is 13.0 Å². The van der Waals surface area contributed by atoms with Crippen LogP contribution in [0.5, 0.6) is 0 Å². The minimum atomic E-state index is -1.10. The number of anilines is 1. The fraction of sp³-hybridized carbons (Fsp3) is 0.118. The van der Waals surface area contributed by atoms with Crippen molar-refractivity contribution in [2.24, 2.45) is 0 Å². The third-order valence-electron chi connectivity index (χ3n) is 3.39. The smallest absolute Gasteiger partial charge is 0.358 e. The Morgan fingerprint density at radius 3 is 2.50 bits per heavy atom. The molecule has 0 saturated heterocycles. The van der Waals surface area contributed by atoms with Crippen LogP contribution in [0.1, 0.15) is 17.4 Å². The Hall–Kier alpha value is -2.26. The van der Waals surface area contributed by atoms with Gasteiger partial charge in [0.1, 0.15) is 0 Å². The molecule has 0 fully saturated rings. The number of hydrogen-bond donors (Lipinski definition) is 1. The fourth-order valence-corrected chi connectivity index (χ4v) is 3.34. The van der Waals surface area contributed by atoms with E-state index < -0.39 is 18.0 Å². The molecule has 0 radical (unpaired) electrons. The molecule has 7 nitrogen and oxygen atoms in total. The molecule has 0 spiro atoms. The Bertz CT molecular complexity index is 1030. The number of halogens is 3. The number of nitrogens with one attached hydrogen (secondary N) is 1. The molecule has 2 heterocycles. The highest BCUT2D eigenvalue weighted by Crippen LogP contribution is 2.32. The van der Waals surface area contributed by atoms with E-state index in [1.54, 1.807) is 18.5 Å². The fourth-order valence-electron chi connectivity index (χ4n) is 2.01. The number of hydrogen-bond acceptors (Lipinski definition) is 7. The largest absolute Gasteiger partial charge is 0.448 e. The number of benzene rings is 1. The topological polar surface area (TPSA) is 94.1 Å². The van der Waals surface area contributed by atoms with Crippen molar-refractivity contribution in [2.75, 3.05) is 5.32 Å². The summed E-state index contributed by atoms with van der Waals surface area (Å²) in [4.78, 5) is 36.8. The van der Waals surface area contributed by atoms with E-state index in [0.717, 1.165) is 0 Å². The molecule has 0 aliphatic carbocycles. The summed E-state index contributed by atoms with van der Waals surface area (Å²) in [7, 11) is 0. The van der Waals surface area contributed by atoms with Crippen LogP contribution in [0.25, 0.3) is 10.8 Å². The lowest BCUT2D eigenvalue weighted by atomic mass is 10.3. The van der Waals surface area contributed by atoms with Gasteiger partial charge in [0.25, 0.3) is 5.91 Å². The Morgan fingerprint density at radius 1 is 1.11 bits per heavy atom. The van der Waals surface area contributed by atoms with Crippen LogP contribution < -0.4 is 5.32 Å². The minimum Gasteiger partial charge on any atom is -0.448 e. The van der Waals surface area contributed by atoms with Gasteiger partial charge in [-0.15, -0.1) is 11.3 Å². The molecule has 2 aromatic heterocycles. The number of nitrogens with zero attached hydrogens (tertiary/aromatic N) is 3. The predicted octanol–water partition coefficient (Wildman–Crippen LogP) is 4.74. The summed E-state index contributed by atoms with van der Waals surface area (Å²) in [6.07, 6.45) is 2.04. The molecule has 0 aliphatic heterocycles. The van der Waals surface area contributed by atoms with Gasteiger partial charge >= 0.3 is 5.97 Å². The predicted molar refractivity (Wildman–Crippen MR) is 108 cm³/mol. The molecule has 0 aliphatic rings. The number of amides is 1. The van der Waals surface area contributed by atoms with E-state index in [-0.39, 0.29) is 26.4 Å². The van der Waals surface area contributed by atoms with E-state index in [1.807, 2.05) is 0 Å². The van der Waals surface area contributed by atoms with E-state index in [9.17, 15) is 9.59 Å². The Labute approximate surface area is 178 Å². The first-order chi connectivity index (χ1) is 13.3. The third kappa shape index (κ3) is 4.77. The van der Waals surface area contributed by atoms with Crippen LogP contribution in [0.3, 0.4) is 0 Å². The molecule has 144 valence electrons. The Kier molecular flexibility index (Phi) is 6.46. The minimum absolute atomic E-state index is 0.0553. The molecule has 3 aromatic rings. The number of carbonyl (C=O) groups excluding carboxylic acids is 2. The van der Waals surface area contributed by atoms with Gasteiger partial charge in [0.2, 0.25) is 0 Å². The number of thiazole rings is 1. The number of ether oxygens (including phenoxy) is 1. The summed E-state index contributed by atoms with van der Waals surface area (Å²) < 4.78 is 5.16. The van der Waals surface area contributed by atoms with Gasteiger partial charge in [-0.25, -0.2) is 19.7 Å². The monoisotopic (exact) mass is 456 g/mol. The molecule has 1 unspecified atom stereocenters. The summed E-state index contributed by atoms with van der Waals surface area (Å²) in [5.41, 5.74) is 0.306. The first-order valence-corrected chi connectivity index (χ1v) is 9.76. The number of carbonyl (C=O) groups is 2. The van der Waals surface area contributed by atoms with Crippen LogP contribution in [-0.2, 0) is 9.53 Å². The Morgan fingerprint density at radius 2 is 1.79 bits per heavy atom. The summed E-state index contributed by atoms with van der Waals surface area (Å²) in [5.74, 6) is -0.941. The van der Waals surface area contributed by atoms with Crippen molar-refractivity contribution < 1.29 is 14.3 Å². The summed E-state index contributed by atoms with van der Waals surface area (Å²) >= 11 is 19.0. The molecular formula is C17H11Cl3N4O3S. The normalized spacial score (nSPS) is 11.7. The van der Waals surface area contributed by atoms with E-state index in [0.29, 0.717) is 10.8 Å². The molecule has 1 N–H and O–H groups in total. The second kappa shape index (κ2) is 8.83. The summed E-state index contributed by atoms with van der Waals surface area (Å²) in [6, 6.07) is 4.48. The molecule has 0 bridgehead atoms. The van der Waals surface area contributed by atoms with Crippen LogP contribution in [0.2, 0.25) is 15.1 Å². The van der Waals surface area contributed by atoms with Crippen molar-refractivity contribution in [3.8, 4) is 10.8 Å². The lowest BCUT2D eigenvalue weighted by Gasteiger charge is -2.14. The van der Waals surface area contributed by atoms with E-state index in [2.05, 4.69) is 20.3 Å². The zero-order valence-electron chi connectivity index (χ0n) is 14.1. The van der Waals surface area contributed by atoms with Gasteiger partial charge in [-0.05, 0) is 25.1 Å². The lowest BCUT2D eigenvalue weighted by Crippen LogP contribution is -2.30. The highest BCUT2D eigenvalue weighted by atomic mass is 35.5. The second-order valence-corrected chi connectivity index (χ2v) is 7.47.